The minimum atomic E-state index is -1.30. The van der Waals surface area contributed by atoms with E-state index in [1.165, 1.54) is 11.8 Å². The topological polar surface area (TPSA) is 72.9 Å². The normalized spacial score (nSPS) is 18.4. The first-order valence-corrected chi connectivity index (χ1v) is 6.95. The molecule has 1 saturated heterocycles. The summed E-state index contributed by atoms with van der Waals surface area (Å²) in [5.41, 5.74) is 0. The Hall–Kier alpha value is -2.03. The second kappa shape index (κ2) is 7.67. The third-order valence-corrected chi connectivity index (χ3v) is 2.95. The zero-order valence-corrected chi connectivity index (χ0v) is 12.8. The first-order chi connectivity index (χ1) is 9.86. The Bertz CT molecular complexity index is 474. The van der Waals surface area contributed by atoms with E-state index in [-0.39, 0.29) is 18.1 Å². The van der Waals surface area contributed by atoms with Gasteiger partial charge < -0.3 is 9.47 Å². The molecular formula is C15H21NO5. The lowest BCUT2D eigenvalue weighted by Crippen LogP contribution is -2.61. The lowest BCUT2D eigenvalue weighted by Gasteiger charge is -2.43. The van der Waals surface area contributed by atoms with Crippen molar-refractivity contribution in [2.24, 2.45) is 0 Å². The number of ether oxygens (including phenoxy) is 2. The number of likely N-dealkylation sites (tertiary alicyclic amines) is 1. The van der Waals surface area contributed by atoms with Gasteiger partial charge in [0.25, 0.3) is 6.23 Å². The smallest absolute Gasteiger partial charge is 0.369 e. The number of carbonyl (C=O) groups is 3. The number of nitrogens with zero attached hydrogens (tertiary/aromatic N) is 1. The van der Waals surface area contributed by atoms with Gasteiger partial charge in [-0.2, -0.15) is 0 Å². The molecule has 116 valence electrons. The summed E-state index contributed by atoms with van der Waals surface area (Å²) in [6.45, 7) is 6.31. The number of carbonyl (C=O) groups excluding carboxylic acids is 3. The van der Waals surface area contributed by atoms with Crippen LogP contribution in [0.3, 0.4) is 0 Å². The summed E-state index contributed by atoms with van der Waals surface area (Å²) in [5, 5.41) is 0. The van der Waals surface area contributed by atoms with Crippen molar-refractivity contribution in [3.8, 4) is 11.8 Å². The van der Waals surface area contributed by atoms with E-state index in [4.69, 9.17) is 9.47 Å². The summed E-state index contributed by atoms with van der Waals surface area (Å²) in [5.74, 6) is 4.11. The van der Waals surface area contributed by atoms with Crippen molar-refractivity contribution in [2.75, 3.05) is 0 Å². The molecule has 0 saturated carbocycles. The van der Waals surface area contributed by atoms with Crippen LogP contribution in [0.5, 0.6) is 0 Å². The SMILES string of the molecule is CC#CCCC1CC(=O)N1C(OC(C)=O)C(=O)OC(C)C. The van der Waals surface area contributed by atoms with Crippen LogP contribution in [0.15, 0.2) is 0 Å². The van der Waals surface area contributed by atoms with Crippen molar-refractivity contribution < 1.29 is 23.9 Å². The van der Waals surface area contributed by atoms with E-state index in [9.17, 15) is 14.4 Å². The Morgan fingerprint density at radius 1 is 1.38 bits per heavy atom. The van der Waals surface area contributed by atoms with E-state index >= 15 is 0 Å². The zero-order chi connectivity index (χ0) is 16.0. The van der Waals surface area contributed by atoms with E-state index in [1.54, 1.807) is 20.8 Å². The summed E-state index contributed by atoms with van der Waals surface area (Å²) in [7, 11) is 0. The van der Waals surface area contributed by atoms with Crippen molar-refractivity contribution in [3.63, 3.8) is 0 Å². The molecule has 0 bridgehead atoms. The molecule has 0 aromatic carbocycles. The van der Waals surface area contributed by atoms with Crippen LogP contribution in [0.4, 0.5) is 0 Å². The van der Waals surface area contributed by atoms with Gasteiger partial charge in [-0.05, 0) is 27.2 Å². The van der Waals surface area contributed by atoms with Crippen LogP contribution >= 0.6 is 0 Å². The standard InChI is InChI=1S/C15H21NO5/c1-5-6-7-8-12-9-13(18)16(12)14(21-11(4)17)15(19)20-10(2)3/h10,12,14H,7-9H2,1-4H3. The summed E-state index contributed by atoms with van der Waals surface area (Å²) in [4.78, 5) is 36.3. The summed E-state index contributed by atoms with van der Waals surface area (Å²) in [6.07, 6.45) is -0.0592. The second-order valence-electron chi connectivity index (χ2n) is 5.07. The molecule has 0 aromatic heterocycles. The highest BCUT2D eigenvalue weighted by Crippen LogP contribution is 2.27. The van der Waals surface area contributed by atoms with Crippen LogP contribution in [-0.2, 0) is 23.9 Å². The molecule has 1 amide bonds. The molecule has 1 fully saturated rings. The number of hydrogen-bond acceptors (Lipinski definition) is 5. The van der Waals surface area contributed by atoms with Gasteiger partial charge in [0.1, 0.15) is 0 Å². The van der Waals surface area contributed by atoms with Crippen LogP contribution in [0, 0.1) is 11.8 Å². The number of amides is 1. The molecular weight excluding hydrogens is 274 g/mol. The second-order valence-corrected chi connectivity index (χ2v) is 5.07. The minimum Gasteiger partial charge on any atom is -0.459 e. The fraction of sp³-hybridized carbons (Fsp3) is 0.667. The van der Waals surface area contributed by atoms with Gasteiger partial charge in [-0.1, -0.05) is 0 Å². The van der Waals surface area contributed by atoms with Crippen LogP contribution in [-0.4, -0.2) is 41.1 Å². The predicted octanol–water partition coefficient (Wildman–Crippen LogP) is 1.23. The summed E-state index contributed by atoms with van der Waals surface area (Å²) >= 11 is 0. The number of esters is 2. The highest BCUT2D eigenvalue weighted by atomic mass is 16.6. The zero-order valence-electron chi connectivity index (χ0n) is 12.8. The molecule has 2 unspecified atom stereocenters. The van der Waals surface area contributed by atoms with Gasteiger partial charge in [0, 0.05) is 25.8 Å². The van der Waals surface area contributed by atoms with E-state index in [2.05, 4.69) is 11.8 Å². The largest absolute Gasteiger partial charge is 0.459 e. The molecule has 6 nitrogen and oxygen atoms in total. The van der Waals surface area contributed by atoms with Gasteiger partial charge in [0.15, 0.2) is 0 Å². The van der Waals surface area contributed by atoms with E-state index in [0.717, 1.165) is 0 Å². The van der Waals surface area contributed by atoms with E-state index < -0.39 is 18.2 Å². The Kier molecular flexibility index (Phi) is 6.22. The number of rotatable bonds is 6. The Labute approximate surface area is 124 Å². The molecule has 1 aliphatic rings. The Morgan fingerprint density at radius 2 is 2.05 bits per heavy atom. The average Bonchev–Trinajstić information content (AvgIpc) is 2.35. The third kappa shape index (κ3) is 4.78. The van der Waals surface area contributed by atoms with Crippen LogP contribution in [0.25, 0.3) is 0 Å². The first-order valence-electron chi connectivity index (χ1n) is 6.95. The molecule has 0 spiro atoms. The van der Waals surface area contributed by atoms with Gasteiger partial charge >= 0.3 is 11.9 Å². The van der Waals surface area contributed by atoms with Crippen molar-refractivity contribution in [1.29, 1.82) is 0 Å². The molecule has 1 rings (SSSR count). The van der Waals surface area contributed by atoms with Crippen molar-refractivity contribution in [1.82, 2.24) is 4.90 Å². The Balaban J connectivity index is 2.78. The molecule has 0 N–H and O–H groups in total. The Morgan fingerprint density at radius 3 is 2.52 bits per heavy atom. The monoisotopic (exact) mass is 295 g/mol. The minimum absolute atomic E-state index is 0.151. The molecule has 1 aliphatic heterocycles. The van der Waals surface area contributed by atoms with Gasteiger partial charge in [-0.3, -0.25) is 14.5 Å². The van der Waals surface area contributed by atoms with Crippen LogP contribution in [0.2, 0.25) is 0 Å². The van der Waals surface area contributed by atoms with Gasteiger partial charge in [-0.25, -0.2) is 4.79 Å². The molecule has 1 heterocycles. The quantitative estimate of drug-likeness (QED) is 0.419. The lowest BCUT2D eigenvalue weighted by molar-refractivity contribution is -0.197. The average molecular weight is 295 g/mol. The van der Waals surface area contributed by atoms with Crippen molar-refractivity contribution in [3.05, 3.63) is 0 Å². The first kappa shape index (κ1) is 17.0. The summed E-state index contributed by atoms with van der Waals surface area (Å²) < 4.78 is 10.0. The lowest BCUT2D eigenvalue weighted by atomic mass is 9.96. The van der Waals surface area contributed by atoms with Gasteiger partial charge in [-0.15, -0.1) is 11.8 Å². The third-order valence-electron chi connectivity index (χ3n) is 2.95. The fourth-order valence-corrected chi connectivity index (χ4v) is 2.09. The molecule has 21 heavy (non-hydrogen) atoms. The fourth-order valence-electron chi connectivity index (χ4n) is 2.09. The van der Waals surface area contributed by atoms with Crippen molar-refractivity contribution >= 4 is 17.8 Å². The maximum absolute atomic E-state index is 12.0. The van der Waals surface area contributed by atoms with Crippen LogP contribution < -0.4 is 0 Å². The maximum Gasteiger partial charge on any atom is 0.369 e. The molecule has 6 heteroatoms. The molecule has 2 atom stereocenters. The van der Waals surface area contributed by atoms with E-state index in [0.29, 0.717) is 19.3 Å². The van der Waals surface area contributed by atoms with Crippen LogP contribution in [0.1, 0.15) is 47.0 Å². The highest BCUT2D eigenvalue weighted by Gasteiger charge is 2.46. The van der Waals surface area contributed by atoms with Gasteiger partial charge in [0.2, 0.25) is 5.91 Å². The van der Waals surface area contributed by atoms with Gasteiger partial charge in [0.05, 0.1) is 6.10 Å². The summed E-state index contributed by atoms with van der Waals surface area (Å²) in [6, 6.07) is -0.151. The maximum atomic E-state index is 12.0. The molecule has 0 aliphatic carbocycles. The number of hydrogen-bond donors (Lipinski definition) is 0. The van der Waals surface area contributed by atoms with Crippen molar-refractivity contribution in [2.45, 2.75) is 65.3 Å². The molecule has 0 aromatic rings. The number of β-lactam (4-membered cyclic amide) rings is 1. The highest BCUT2D eigenvalue weighted by molar-refractivity contribution is 5.89. The molecule has 0 radical (unpaired) electrons. The van der Waals surface area contributed by atoms with E-state index in [1.807, 2.05) is 0 Å². The predicted molar refractivity (Wildman–Crippen MR) is 74.7 cm³/mol.